The van der Waals surface area contributed by atoms with Gasteiger partial charge >= 0.3 is 18.0 Å². The van der Waals surface area contributed by atoms with Gasteiger partial charge in [0.05, 0.1) is 5.56 Å². The van der Waals surface area contributed by atoms with Gasteiger partial charge in [0.25, 0.3) is 5.91 Å². The van der Waals surface area contributed by atoms with Crippen LogP contribution in [0.15, 0.2) is 18.3 Å². The van der Waals surface area contributed by atoms with Gasteiger partial charge in [-0.3, -0.25) is 9.59 Å². The van der Waals surface area contributed by atoms with Crippen LogP contribution in [0.1, 0.15) is 23.2 Å². The van der Waals surface area contributed by atoms with E-state index >= 15 is 0 Å². The minimum Gasteiger partial charge on any atom is -0.481 e. The first-order valence-electron chi connectivity index (χ1n) is 7.18. The Labute approximate surface area is 141 Å². The third-order valence-corrected chi connectivity index (χ3v) is 2.94. The number of nitrogens with one attached hydrogen (secondary N) is 3. The highest BCUT2D eigenvalue weighted by atomic mass is 18.2. The molecular weight excluding hydrogens is 338 g/mol. The first kappa shape index (κ1) is 19.8. The minimum atomic E-state index is -1.35. The van der Waals surface area contributed by atoms with Crippen molar-refractivity contribution in [2.45, 2.75) is 18.9 Å². The molecular formula is C14H17FN4O6. The van der Waals surface area contributed by atoms with Crippen LogP contribution in [-0.2, 0) is 9.59 Å². The summed E-state index contributed by atoms with van der Waals surface area (Å²) in [6.07, 6.45) is 0.399. The second kappa shape index (κ2) is 9.80. The molecule has 0 aliphatic rings. The molecule has 1 heterocycles. The van der Waals surface area contributed by atoms with Crippen molar-refractivity contribution in [1.29, 1.82) is 0 Å². The molecule has 0 aliphatic heterocycles. The average Bonchev–Trinajstić information content (AvgIpc) is 2.55. The maximum atomic E-state index is 12.6. The van der Waals surface area contributed by atoms with Gasteiger partial charge in [0, 0.05) is 25.7 Å². The smallest absolute Gasteiger partial charge is 0.326 e. The molecule has 0 aromatic carbocycles. The Kier molecular flexibility index (Phi) is 7.76. The summed E-state index contributed by atoms with van der Waals surface area (Å²) < 4.78 is 12.6. The van der Waals surface area contributed by atoms with Gasteiger partial charge in [-0.1, -0.05) is 0 Å². The molecule has 0 bridgehead atoms. The number of halogens is 1. The summed E-state index contributed by atoms with van der Waals surface area (Å²) >= 11 is 0. The van der Waals surface area contributed by atoms with Gasteiger partial charge in [-0.2, -0.15) is 4.39 Å². The number of carbonyl (C=O) groups excluding carboxylic acids is 2. The SMILES string of the molecule is O=C(O)CC[C@H](NC(=O)NCCNC(=O)c1ccc([18F])nc1)C(=O)O. The lowest BCUT2D eigenvalue weighted by atomic mass is 10.1. The highest BCUT2D eigenvalue weighted by Gasteiger charge is 2.20. The Hall–Kier alpha value is -3.24. The van der Waals surface area contributed by atoms with E-state index in [1.54, 1.807) is 0 Å². The van der Waals surface area contributed by atoms with E-state index in [0.29, 0.717) is 0 Å². The van der Waals surface area contributed by atoms with Crippen molar-refractivity contribution in [3.05, 3.63) is 29.8 Å². The van der Waals surface area contributed by atoms with Crippen molar-refractivity contribution < 1.29 is 33.8 Å². The minimum absolute atomic E-state index is 0.00251. The Bertz CT molecular complexity index is 637. The highest BCUT2D eigenvalue weighted by molar-refractivity contribution is 5.93. The normalized spacial score (nSPS) is 11.2. The second-order valence-corrected chi connectivity index (χ2v) is 4.85. The van der Waals surface area contributed by atoms with Crippen LogP contribution < -0.4 is 16.0 Å². The number of pyridine rings is 1. The maximum Gasteiger partial charge on any atom is 0.326 e. The largest absolute Gasteiger partial charge is 0.481 e. The molecule has 10 nitrogen and oxygen atoms in total. The predicted octanol–water partition coefficient (Wildman–Crippen LogP) is -0.432. The zero-order valence-electron chi connectivity index (χ0n) is 13.0. The number of aliphatic carboxylic acids is 2. The standard InChI is InChI=1S/C14H17FN4O6/c15-10-3-1-8(7-18-10)12(22)16-5-6-17-14(25)19-9(13(23)24)2-4-11(20)21/h1,3,7,9H,2,4-6H2,(H,16,22)(H,20,21)(H,23,24)(H2,17,19,25)/t9-/m0/s1/i15-1. The quantitative estimate of drug-likeness (QED) is 0.297. The van der Waals surface area contributed by atoms with Gasteiger partial charge in [-0.15, -0.1) is 0 Å². The van der Waals surface area contributed by atoms with Crippen molar-refractivity contribution in [2.75, 3.05) is 13.1 Å². The summed E-state index contributed by atoms with van der Waals surface area (Å²) in [4.78, 5) is 47.9. The molecule has 0 aliphatic carbocycles. The van der Waals surface area contributed by atoms with Crippen LogP contribution in [0.5, 0.6) is 0 Å². The Morgan fingerprint density at radius 2 is 1.80 bits per heavy atom. The van der Waals surface area contributed by atoms with Crippen LogP contribution in [0.4, 0.5) is 9.18 Å². The van der Waals surface area contributed by atoms with Crippen LogP contribution in [0, 0.1) is 5.95 Å². The van der Waals surface area contributed by atoms with E-state index in [-0.39, 0.29) is 25.1 Å². The number of rotatable bonds is 9. The summed E-state index contributed by atoms with van der Waals surface area (Å²) in [7, 11) is 0. The van der Waals surface area contributed by atoms with E-state index in [1.807, 2.05) is 0 Å². The lowest BCUT2D eigenvalue weighted by molar-refractivity contribution is -0.140. The molecule has 0 radical (unpaired) electrons. The number of hydrogen-bond acceptors (Lipinski definition) is 5. The van der Waals surface area contributed by atoms with E-state index in [4.69, 9.17) is 10.2 Å². The van der Waals surface area contributed by atoms with E-state index in [1.165, 1.54) is 6.07 Å². The molecule has 1 atom stereocenters. The Morgan fingerprint density at radius 1 is 1.12 bits per heavy atom. The lowest BCUT2D eigenvalue weighted by Crippen LogP contribution is -2.47. The van der Waals surface area contributed by atoms with Crippen molar-refractivity contribution in [3.8, 4) is 0 Å². The number of hydrogen-bond donors (Lipinski definition) is 5. The summed E-state index contributed by atoms with van der Waals surface area (Å²) in [6, 6.07) is 0.132. The lowest BCUT2D eigenvalue weighted by Gasteiger charge is -2.14. The molecule has 0 unspecified atom stereocenters. The highest BCUT2D eigenvalue weighted by Crippen LogP contribution is 1.99. The van der Waals surface area contributed by atoms with Gasteiger partial charge in [0.1, 0.15) is 6.04 Å². The Morgan fingerprint density at radius 3 is 2.36 bits per heavy atom. The van der Waals surface area contributed by atoms with Crippen LogP contribution in [0.25, 0.3) is 0 Å². The second-order valence-electron chi connectivity index (χ2n) is 4.85. The van der Waals surface area contributed by atoms with E-state index in [0.717, 1.165) is 12.3 Å². The molecule has 0 fully saturated rings. The number of urea groups is 1. The molecule has 25 heavy (non-hydrogen) atoms. The number of carboxylic acid groups (broad SMARTS) is 2. The molecule has 3 amide bonds. The van der Waals surface area contributed by atoms with Crippen molar-refractivity contribution >= 4 is 23.9 Å². The predicted molar refractivity (Wildman–Crippen MR) is 81.4 cm³/mol. The molecule has 1 aromatic rings. The fourth-order valence-electron chi connectivity index (χ4n) is 1.70. The molecule has 5 N–H and O–H groups in total. The molecule has 0 saturated heterocycles. The number of nitrogens with zero attached hydrogens (tertiary/aromatic N) is 1. The topological polar surface area (TPSA) is 158 Å². The van der Waals surface area contributed by atoms with Crippen LogP contribution in [-0.4, -0.2) is 58.2 Å². The third kappa shape index (κ3) is 7.72. The fourth-order valence-corrected chi connectivity index (χ4v) is 1.70. The summed E-state index contributed by atoms with van der Waals surface area (Å²) in [6.45, 7) is 0.0357. The van der Waals surface area contributed by atoms with E-state index < -0.39 is 42.3 Å². The molecule has 136 valence electrons. The monoisotopic (exact) mass is 355 g/mol. The molecule has 0 saturated carbocycles. The van der Waals surface area contributed by atoms with Gasteiger partial charge in [-0.25, -0.2) is 14.6 Å². The van der Waals surface area contributed by atoms with Crippen LogP contribution in [0.2, 0.25) is 0 Å². The molecule has 1 rings (SSSR count). The summed E-state index contributed by atoms with van der Waals surface area (Å²) in [5.41, 5.74) is 0.144. The van der Waals surface area contributed by atoms with E-state index in [2.05, 4.69) is 20.9 Å². The summed E-state index contributed by atoms with van der Waals surface area (Å²) in [5, 5.41) is 24.3. The fraction of sp³-hybridized carbons (Fsp3) is 0.357. The number of carboxylic acids is 2. The zero-order chi connectivity index (χ0) is 18.8. The number of amides is 3. The van der Waals surface area contributed by atoms with Crippen molar-refractivity contribution in [3.63, 3.8) is 0 Å². The maximum absolute atomic E-state index is 12.6. The van der Waals surface area contributed by atoms with Gasteiger partial charge < -0.3 is 26.2 Å². The average molecular weight is 355 g/mol. The van der Waals surface area contributed by atoms with E-state index in [9.17, 15) is 23.6 Å². The molecule has 11 heteroatoms. The summed E-state index contributed by atoms with van der Waals surface area (Å²) in [5.74, 6) is -3.76. The zero-order valence-corrected chi connectivity index (χ0v) is 13.0. The molecule has 1 aromatic heterocycles. The van der Waals surface area contributed by atoms with Crippen LogP contribution >= 0.6 is 0 Å². The van der Waals surface area contributed by atoms with Crippen LogP contribution in [0.3, 0.4) is 0 Å². The third-order valence-electron chi connectivity index (χ3n) is 2.94. The van der Waals surface area contributed by atoms with Gasteiger partial charge in [0.15, 0.2) is 0 Å². The Balaban J connectivity index is 2.31. The van der Waals surface area contributed by atoms with Gasteiger partial charge in [0.2, 0.25) is 5.95 Å². The number of carbonyl (C=O) groups is 4. The van der Waals surface area contributed by atoms with Crippen molar-refractivity contribution in [2.24, 2.45) is 0 Å². The van der Waals surface area contributed by atoms with Crippen molar-refractivity contribution in [1.82, 2.24) is 20.9 Å². The molecule has 0 spiro atoms. The first-order chi connectivity index (χ1) is 11.8. The number of aromatic nitrogens is 1. The first-order valence-corrected chi connectivity index (χ1v) is 7.18. The van der Waals surface area contributed by atoms with Gasteiger partial charge in [-0.05, 0) is 18.6 Å².